The third-order valence-electron chi connectivity index (χ3n) is 5.39. The Balaban J connectivity index is 1.87. The van der Waals surface area contributed by atoms with E-state index in [4.69, 9.17) is 21.8 Å². The third kappa shape index (κ3) is 4.24. The van der Waals surface area contributed by atoms with Gasteiger partial charge >= 0.3 is 6.55 Å². The zero-order chi connectivity index (χ0) is 24.7. The highest BCUT2D eigenvalue weighted by atomic mass is 35.5. The van der Waals surface area contributed by atoms with Gasteiger partial charge in [0.15, 0.2) is 11.1 Å². The molecule has 11 heteroatoms. The first kappa shape index (κ1) is 23.4. The average Bonchev–Trinajstić information content (AvgIpc) is 3.27. The summed E-state index contributed by atoms with van der Waals surface area (Å²) in [5.41, 5.74) is 7.70. The van der Waals surface area contributed by atoms with Crippen LogP contribution in [0.5, 0.6) is 0 Å². The van der Waals surface area contributed by atoms with Crippen LogP contribution in [0.2, 0.25) is 5.15 Å². The maximum absolute atomic E-state index is 13.2. The van der Waals surface area contributed by atoms with Gasteiger partial charge < -0.3 is 15.5 Å². The molecule has 176 valence electrons. The SMILES string of the molecule is Cc1cc([C@@H](C)Nc2ccc(Cl)nc2C(N)=O)c2oc(-c3cnn(C(F)F)c3)c(C)c(=O)c2c1. The summed E-state index contributed by atoms with van der Waals surface area (Å²) in [6.45, 7) is 2.39. The summed E-state index contributed by atoms with van der Waals surface area (Å²) in [4.78, 5) is 29.0. The van der Waals surface area contributed by atoms with E-state index in [1.807, 2.05) is 19.9 Å². The van der Waals surface area contributed by atoms with E-state index in [1.54, 1.807) is 19.1 Å². The molecule has 8 nitrogen and oxygen atoms in total. The predicted octanol–water partition coefficient (Wildman–Crippen LogP) is 4.99. The molecule has 3 heterocycles. The Morgan fingerprint density at radius 1 is 1.26 bits per heavy atom. The number of aryl methyl sites for hydroxylation is 1. The van der Waals surface area contributed by atoms with E-state index >= 15 is 0 Å². The second kappa shape index (κ2) is 8.86. The predicted molar refractivity (Wildman–Crippen MR) is 124 cm³/mol. The normalized spacial score (nSPS) is 12.3. The summed E-state index contributed by atoms with van der Waals surface area (Å²) in [6.07, 6.45) is 2.34. The van der Waals surface area contributed by atoms with Gasteiger partial charge in [0, 0.05) is 17.3 Å². The van der Waals surface area contributed by atoms with Crippen LogP contribution in [0.3, 0.4) is 0 Å². The number of alkyl halides is 2. The number of hydrogen-bond acceptors (Lipinski definition) is 6. The Morgan fingerprint density at radius 3 is 2.65 bits per heavy atom. The Morgan fingerprint density at radius 2 is 2.00 bits per heavy atom. The number of anilines is 1. The monoisotopic (exact) mass is 487 g/mol. The van der Waals surface area contributed by atoms with Crippen LogP contribution >= 0.6 is 11.6 Å². The van der Waals surface area contributed by atoms with Crippen LogP contribution in [0.15, 0.2) is 45.9 Å². The number of fused-ring (bicyclic) bond motifs is 1. The summed E-state index contributed by atoms with van der Waals surface area (Å²) < 4.78 is 32.6. The standard InChI is InChI=1S/C23H20ClF2N5O3/c1-10-6-14(12(3)29-16-4-5-17(24)30-18(16)22(27)33)21-15(7-10)19(32)11(2)20(34-21)13-8-28-31(9-13)23(25)26/h4-9,12,23,29H,1-3H3,(H2,27,33)/t12-/m1/s1. The Hall–Kier alpha value is -3.79. The number of hydrogen-bond donors (Lipinski definition) is 2. The molecule has 1 amide bonds. The van der Waals surface area contributed by atoms with Crippen molar-refractivity contribution in [2.75, 3.05) is 5.32 Å². The fourth-order valence-corrected chi connectivity index (χ4v) is 3.92. The highest BCUT2D eigenvalue weighted by Crippen LogP contribution is 2.33. The number of pyridine rings is 1. The van der Waals surface area contributed by atoms with Crippen LogP contribution in [0.4, 0.5) is 14.5 Å². The second-order valence-electron chi connectivity index (χ2n) is 7.86. The van der Waals surface area contributed by atoms with Crippen LogP contribution in [0, 0.1) is 13.8 Å². The van der Waals surface area contributed by atoms with Crippen molar-refractivity contribution >= 4 is 34.2 Å². The highest BCUT2D eigenvalue weighted by Gasteiger charge is 2.21. The minimum absolute atomic E-state index is 0.0336. The lowest BCUT2D eigenvalue weighted by atomic mass is 9.99. The fraction of sp³-hybridized carbons (Fsp3) is 0.217. The molecule has 0 spiro atoms. The zero-order valence-corrected chi connectivity index (χ0v) is 19.2. The number of rotatable bonds is 6. The van der Waals surface area contributed by atoms with E-state index in [2.05, 4.69) is 15.4 Å². The molecule has 4 rings (SSSR count). The van der Waals surface area contributed by atoms with E-state index in [0.29, 0.717) is 21.3 Å². The van der Waals surface area contributed by atoms with Crippen molar-refractivity contribution in [3.63, 3.8) is 0 Å². The molecule has 0 saturated carbocycles. The van der Waals surface area contributed by atoms with E-state index in [-0.39, 0.29) is 38.7 Å². The lowest BCUT2D eigenvalue weighted by molar-refractivity contribution is 0.0566. The van der Waals surface area contributed by atoms with Crippen molar-refractivity contribution in [1.82, 2.24) is 14.8 Å². The van der Waals surface area contributed by atoms with E-state index in [1.165, 1.54) is 12.3 Å². The van der Waals surface area contributed by atoms with Crippen molar-refractivity contribution in [2.24, 2.45) is 5.73 Å². The number of primary amides is 1. The number of nitrogens with one attached hydrogen (secondary N) is 1. The van der Waals surface area contributed by atoms with Gasteiger partial charge in [-0.05, 0) is 44.5 Å². The second-order valence-corrected chi connectivity index (χ2v) is 8.25. The first-order valence-corrected chi connectivity index (χ1v) is 10.6. The molecular formula is C23H20ClF2N5O3. The van der Waals surface area contributed by atoms with Crippen molar-refractivity contribution in [1.29, 1.82) is 0 Å². The molecule has 0 unspecified atom stereocenters. The summed E-state index contributed by atoms with van der Waals surface area (Å²) >= 11 is 5.89. The van der Waals surface area contributed by atoms with Gasteiger partial charge in [-0.1, -0.05) is 17.7 Å². The number of carbonyl (C=O) groups is 1. The van der Waals surface area contributed by atoms with E-state index in [0.717, 1.165) is 11.8 Å². The molecule has 4 aromatic rings. The molecule has 0 bridgehead atoms. The molecule has 34 heavy (non-hydrogen) atoms. The molecule has 3 N–H and O–H groups in total. The lowest BCUT2D eigenvalue weighted by Crippen LogP contribution is -2.18. The third-order valence-corrected chi connectivity index (χ3v) is 5.60. The summed E-state index contributed by atoms with van der Waals surface area (Å²) in [6, 6.07) is 6.16. The smallest absolute Gasteiger partial charge is 0.333 e. The van der Waals surface area contributed by atoms with Crippen molar-refractivity contribution in [3.05, 3.63) is 74.4 Å². The maximum atomic E-state index is 13.2. The largest absolute Gasteiger partial charge is 0.455 e. The Kier molecular flexibility index (Phi) is 6.09. The highest BCUT2D eigenvalue weighted by molar-refractivity contribution is 6.29. The Labute approximate surface area is 197 Å². The number of halogens is 3. The van der Waals surface area contributed by atoms with Crippen molar-refractivity contribution in [3.8, 4) is 11.3 Å². The van der Waals surface area contributed by atoms with Gasteiger partial charge in [-0.3, -0.25) is 9.59 Å². The van der Waals surface area contributed by atoms with E-state index in [9.17, 15) is 18.4 Å². The number of amides is 1. The Bertz CT molecular complexity index is 1480. The van der Waals surface area contributed by atoms with Crippen LogP contribution < -0.4 is 16.5 Å². The number of nitrogens with zero attached hydrogens (tertiary/aromatic N) is 3. The molecular weight excluding hydrogens is 468 g/mol. The molecule has 1 aromatic carbocycles. The quantitative estimate of drug-likeness (QED) is 0.370. The first-order valence-electron chi connectivity index (χ1n) is 10.2. The maximum Gasteiger partial charge on any atom is 0.333 e. The van der Waals surface area contributed by atoms with Crippen molar-refractivity contribution in [2.45, 2.75) is 33.4 Å². The zero-order valence-electron chi connectivity index (χ0n) is 18.4. The lowest BCUT2D eigenvalue weighted by Gasteiger charge is -2.19. The number of aromatic nitrogens is 3. The molecule has 0 aliphatic rings. The summed E-state index contributed by atoms with van der Waals surface area (Å²) in [5.74, 6) is -0.612. The minimum Gasteiger partial charge on any atom is -0.455 e. The van der Waals surface area contributed by atoms with Crippen molar-refractivity contribution < 1.29 is 18.0 Å². The molecule has 0 fully saturated rings. The van der Waals surface area contributed by atoms with Gasteiger partial charge in [0.1, 0.15) is 16.5 Å². The summed E-state index contributed by atoms with van der Waals surface area (Å²) in [7, 11) is 0. The van der Waals surface area contributed by atoms with Gasteiger partial charge in [0.05, 0.1) is 28.9 Å². The topological polar surface area (TPSA) is 116 Å². The number of nitrogens with two attached hydrogens (primary N) is 1. The first-order chi connectivity index (χ1) is 16.1. The average molecular weight is 488 g/mol. The van der Waals surface area contributed by atoms with E-state index < -0.39 is 18.5 Å². The van der Waals surface area contributed by atoms with Gasteiger partial charge in [-0.25, -0.2) is 9.67 Å². The molecule has 0 radical (unpaired) electrons. The fourth-order valence-electron chi connectivity index (χ4n) is 3.78. The van der Waals surface area contributed by atoms with Gasteiger partial charge in [0.25, 0.3) is 5.91 Å². The van der Waals surface area contributed by atoms with Gasteiger partial charge in [-0.2, -0.15) is 13.9 Å². The van der Waals surface area contributed by atoms with Crippen LogP contribution in [-0.2, 0) is 0 Å². The summed E-state index contributed by atoms with van der Waals surface area (Å²) in [5, 5.41) is 7.26. The molecule has 0 saturated heterocycles. The molecule has 0 aliphatic heterocycles. The van der Waals surface area contributed by atoms with Crippen LogP contribution in [0.1, 0.15) is 46.7 Å². The van der Waals surface area contributed by atoms with Crippen LogP contribution in [0.25, 0.3) is 22.3 Å². The number of benzene rings is 1. The number of carbonyl (C=O) groups excluding carboxylic acids is 1. The van der Waals surface area contributed by atoms with Gasteiger partial charge in [-0.15, -0.1) is 0 Å². The molecule has 3 aromatic heterocycles. The van der Waals surface area contributed by atoms with Crippen LogP contribution in [-0.4, -0.2) is 20.7 Å². The minimum atomic E-state index is -2.82. The molecule has 0 aliphatic carbocycles. The van der Waals surface area contributed by atoms with Gasteiger partial charge in [0.2, 0.25) is 0 Å². The molecule has 1 atom stereocenters.